The minimum atomic E-state index is -0.265. The first-order valence-electron chi connectivity index (χ1n) is 6.43. The molecule has 1 aromatic rings. The Kier molecular flexibility index (Phi) is 4.33. The van der Waals surface area contributed by atoms with Gasteiger partial charge in [0.15, 0.2) is 0 Å². The minimum Gasteiger partial charge on any atom is -0.394 e. The summed E-state index contributed by atoms with van der Waals surface area (Å²) in [6.45, 7) is 0.790. The zero-order chi connectivity index (χ0) is 13.0. The maximum Gasteiger partial charge on any atom is 0.224 e. The van der Waals surface area contributed by atoms with Crippen LogP contribution < -0.4 is 5.73 Å². The fraction of sp³-hybridized carbons (Fsp3) is 0.500. The molecule has 1 amide bonds. The molecule has 1 aromatic carbocycles. The van der Waals surface area contributed by atoms with Crippen LogP contribution in [0.2, 0.25) is 0 Å². The van der Waals surface area contributed by atoms with Crippen molar-refractivity contribution in [2.45, 2.75) is 31.3 Å². The molecule has 4 heteroatoms. The second kappa shape index (κ2) is 5.98. The summed E-state index contributed by atoms with van der Waals surface area (Å²) in [7, 11) is 0. The van der Waals surface area contributed by atoms with E-state index in [1.165, 1.54) is 0 Å². The van der Waals surface area contributed by atoms with Crippen molar-refractivity contribution in [2.75, 3.05) is 13.2 Å². The van der Waals surface area contributed by atoms with E-state index < -0.39 is 0 Å². The standard InChI is InChI=1S/C14H20N2O2/c15-13(11-5-2-1-3-6-11)9-14(18)16-8-4-7-12(16)10-17/h1-3,5-6,12-13,17H,4,7-10,15H2. The maximum atomic E-state index is 12.1. The number of hydrogen-bond donors (Lipinski definition) is 2. The third kappa shape index (κ3) is 2.89. The van der Waals surface area contributed by atoms with E-state index in [9.17, 15) is 9.90 Å². The highest BCUT2D eigenvalue weighted by molar-refractivity contribution is 5.77. The summed E-state index contributed by atoms with van der Waals surface area (Å²) < 4.78 is 0. The summed E-state index contributed by atoms with van der Waals surface area (Å²) in [5.74, 6) is 0.0444. The van der Waals surface area contributed by atoms with Crippen molar-refractivity contribution >= 4 is 5.91 Å². The molecule has 0 aromatic heterocycles. The first-order chi connectivity index (χ1) is 8.72. The Labute approximate surface area is 107 Å². The van der Waals surface area contributed by atoms with E-state index in [2.05, 4.69) is 0 Å². The number of likely N-dealkylation sites (tertiary alicyclic amines) is 1. The molecule has 98 valence electrons. The molecular formula is C14H20N2O2. The van der Waals surface area contributed by atoms with E-state index in [1.54, 1.807) is 4.90 Å². The Balaban J connectivity index is 1.95. The van der Waals surface area contributed by atoms with Gasteiger partial charge in [-0.05, 0) is 18.4 Å². The number of aliphatic hydroxyl groups excluding tert-OH is 1. The van der Waals surface area contributed by atoms with Crippen molar-refractivity contribution in [3.63, 3.8) is 0 Å². The van der Waals surface area contributed by atoms with Gasteiger partial charge in [-0.2, -0.15) is 0 Å². The molecule has 2 unspecified atom stereocenters. The number of nitrogens with zero attached hydrogens (tertiary/aromatic N) is 1. The van der Waals surface area contributed by atoms with Crippen molar-refractivity contribution in [2.24, 2.45) is 5.73 Å². The van der Waals surface area contributed by atoms with Crippen LogP contribution in [-0.4, -0.2) is 35.1 Å². The fourth-order valence-corrected chi connectivity index (χ4v) is 2.48. The number of benzene rings is 1. The summed E-state index contributed by atoms with van der Waals surface area (Å²) in [4.78, 5) is 13.9. The first kappa shape index (κ1) is 13.1. The smallest absolute Gasteiger partial charge is 0.224 e. The van der Waals surface area contributed by atoms with Gasteiger partial charge >= 0.3 is 0 Å². The average molecular weight is 248 g/mol. The molecule has 2 atom stereocenters. The predicted octanol–water partition coefficient (Wildman–Crippen LogP) is 1.06. The lowest BCUT2D eigenvalue weighted by Crippen LogP contribution is -2.39. The third-order valence-corrected chi connectivity index (χ3v) is 3.53. The maximum absolute atomic E-state index is 12.1. The molecule has 1 aliphatic rings. The second-order valence-corrected chi connectivity index (χ2v) is 4.79. The van der Waals surface area contributed by atoms with Crippen molar-refractivity contribution in [1.29, 1.82) is 0 Å². The van der Waals surface area contributed by atoms with E-state index in [0.29, 0.717) is 6.42 Å². The van der Waals surface area contributed by atoms with Gasteiger partial charge in [0.05, 0.1) is 12.6 Å². The Hall–Kier alpha value is -1.39. The molecule has 1 aliphatic heterocycles. The summed E-state index contributed by atoms with van der Waals surface area (Å²) in [5, 5.41) is 9.21. The van der Waals surface area contributed by atoms with Crippen molar-refractivity contribution in [3.8, 4) is 0 Å². The average Bonchev–Trinajstić information content (AvgIpc) is 2.88. The molecular weight excluding hydrogens is 228 g/mol. The van der Waals surface area contributed by atoms with Crippen molar-refractivity contribution in [1.82, 2.24) is 4.90 Å². The van der Waals surface area contributed by atoms with Crippen LogP contribution in [0.4, 0.5) is 0 Å². The lowest BCUT2D eigenvalue weighted by atomic mass is 10.0. The highest BCUT2D eigenvalue weighted by Crippen LogP contribution is 2.21. The van der Waals surface area contributed by atoms with Gasteiger partial charge in [-0.1, -0.05) is 30.3 Å². The van der Waals surface area contributed by atoms with Gasteiger partial charge in [0.2, 0.25) is 5.91 Å². The Bertz CT molecular complexity index is 394. The molecule has 18 heavy (non-hydrogen) atoms. The van der Waals surface area contributed by atoms with Gasteiger partial charge in [0.25, 0.3) is 0 Å². The van der Waals surface area contributed by atoms with Gasteiger partial charge in [-0.3, -0.25) is 4.79 Å². The summed E-state index contributed by atoms with van der Waals surface area (Å²) in [6, 6.07) is 9.37. The van der Waals surface area contributed by atoms with Gasteiger partial charge < -0.3 is 15.7 Å². The van der Waals surface area contributed by atoms with Gasteiger partial charge in [0, 0.05) is 19.0 Å². The SMILES string of the molecule is NC(CC(=O)N1CCCC1CO)c1ccccc1. The Morgan fingerprint density at radius 2 is 2.17 bits per heavy atom. The number of carbonyl (C=O) groups is 1. The number of aliphatic hydroxyl groups is 1. The van der Waals surface area contributed by atoms with Crippen LogP contribution in [0.15, 0.2) is 30.3 Å². The summed E-state index contributed by atoms with van der Waals surface area (Å²) in [5.41, 5.74) is 7.02. The molecule has 1 heterocycles. The molecule has 3 N–H and O–H groups in total. The van der Waals surface area contributed by atoms with Gasteiger partial charge in [-0.25, -0.2) is 0 Å². The predicted molar refractivity (Wildman–Crippen MR) is 69.8 cm³/mol. The highest BCUT2D eigenvalue weighted by atomic mass is 16.3. The van der Waals surface area contributed by atoms with Crippen LogP contribution in [-0.2, 0) is 4.79 Å². The number of amides is 1. The largest absolute Gasteiger partial charge is 0.394 e. The lowest BCUT2D eigenvalue weighted by molar-refractivity contribution is -0.133. The normalized spacial score (nSPS) is 21.0. The van der Waals surface area contributed by atoms with E-state index in [0.717, 1.165) is 24.9 Å². The summed E-state index contributed by atoms with van der Waals surface area (Å²) >= 11 is 0. The minimum absolute atomic E-state index is 0.0135. The zero-order valence-electron chi connectivity index (χ0n) is 10.5. The van der Waals surface area contributed by atoms with Crippen molar-refractivity contribution < 1.29 is 9.90 Å². The molecule has 4 nitrogen and oxygen atoms in total. The third-order valence-electron chi connectivity index (χ3n) is 3.53. The molecule has 1 saturated heterocycles. The lowest BCUT2D eigenvalue weighted by Gasteiger charge is -2.24. The molecule has 2 rings (SSSR count). The zero-order valence-corrected chi connectivity index (χ0v) is 10.5. The fourth-order valence-electron chi connectivity index (χ4n) is 2.48. The number of nitrogens with two attached hydrogens (primary N) is 1. The monoisotopic (exact) mass is 248 g/mol. The molecule has 1 fully saturated rings. The Morgan fingerprint density at radius 1 is 1.44 bits per heavy atom. The topological polar surface area (TPSA) is 66.6 Å². The van der Waals surface area contributed by atoms with Crippen LogP contribution in [0.25, 0.3) is 0 Å². The molecule has 0 saturated carbocycles. The molecule has 0 radical (unpaired) electrons. The van der Waals surface area contributed by atoms with Crippen LogP contribution in [0.5, 0.6) is 0 Å². The number of rotatable bonds is 4. The number of hydrogen-bond acceptors (Lipinski definition) is 3. The van der Waals surface area contributed by atoms with E-state index in [-0.39, 0.29) is 24.6 Å². The van der Waals surface area contributed by atoms with E-state index >= 15 is 0 Å². The Morgan fingerprint density at radius 3 is 2.83 bits per heavy atom. The quantitative estimate of drug-likeness (QED) is 0.837. The number of carbonyl (C=O) groups excluding carboxylic acids is 1. The first-order valence-corrected chi connectivity index (χ1v) is 6.43. The van der Waals surface area contributed by atoms with E-state index in [1.807, 2.05) is 30.3 Å². The second-order valence-electron chi connectivity index (χ2n) is 4.79. The van der Waals surface area contributed by atoms with Crippen LogP contribution >= 0.6 is 0 Å². The van der Waals surface area contributed by atoms with E-state index in [4.69, 9.17) is 5.73 Å². The van der Waals surface area contributed by atoms with Crippen LogP contribution in [0.3, 0.4) is 0 Å². The van der Waals surface area contributed by atoms with Crippen LogP contribution in [0, 0.1) is 0 Å². The van der Waals surface area contributed by atoms with Crippen molar-refractivity contribution in [3.05, 3.63) is 35.9 Å². The van der Waals surface area contributed by atoms with Gasteiger partial charge in [-0.15, -0.1) is 0 Å². The molecule has 0 spiro atoms. The summed E-state index contributed by atoms with van der Waals surface area (Å²) in [6.07, 6.45) is 2.17. The van der Waals surface area contributed by atoms with Gasteiger partial charge in [0.1, 0.15) is 0 Å². The highest BCUT2D eigenvalue weighted by Gasteiger charge is 2.28. The molecule has 0 aliphatic carbocycles. The molecule has 0 bridgehead atoms. The van der Waals surface area contributed by atoms with Crippen LogP contribution in [0.1, 0.15) is 30.9 Å².